The van der Waals surface area contributed by atoms with Gasteiger partial charge in [0.05, 0.1) is 17.6 Å². The van der Waals surface area contributed by atoms with Crippen LogP contribution in [0.3, 0.4) is 0 Å². The molecule has 2 atom stereocenters. The predicted molar refractivity (Wildman–Crippen MR) is 89.7 cm³/mol. The van der Waals surface area contributed by atoms with Gasteiger partial charge in [-0.25, -0.2) is 18.0 Å². The van der Waals surface area contributed by atoms with Gasteiger partial charge in [0.1, 0.15) is 17.5 Å². The molecule has 1 amide bonds. The van der Waals surface area contributed by atoms with E-state index in [4.69, 9.17) is 21.9 Å². The Morgan fingerprint density at radius 2 is 2.15 bits per heavy atom. The minimum Gasteiger partial charge on any atom is -0.444 e. The first-order valence-electron chi connectivity index (χ1n) is 7.81. The van der Waals surface area contributed by atoms with E-state index in [0.717, 1.165) is 4.90 Å². The fraction of sp³-hybridized carbons (Fsp3) is 0.562. The van der Waals surface area contributed by atoms with Crippen molar-refractivity contribution in [1.29, 1.82) is 0 Å². The van der Waals surface area contributed by atoms with Crippen LogP contribution in [0.1, 0.15) is 26.3 Å². The number of hydrogen-bond donors (Lipinski definition) is 0. The number of carbonyl (C=O) groups excluding carboxylic acids is 1. The maximum Gasteiger partial charge on any atom is 0.410 e. The lowest BCUT2D eigenvalue weighted by molar-refractivity contribution is -0.00932. The third kappa shape index (κ3) is 4.34. The second kappa shape index (κ2) is 7.25. The Morgan fingerprint density at radius 3 is 2.73 bits per heavy atom. The molecule has 10 heteroatoms. The average molecular weight is 391 g/mol. The number of likely N-dealkylation sites (tertiary alicyclic amines) is 1. The van der Waals surface area contributed by atoms with Gasteiger partial charge in [0.2, 0.25) is 0 Å². The molecule has 1 aliphatic rings. The molecule has 0 N–H and O–H groups in total. The van der Waals surface area contributed by atoms with Gasteiger partial charge in [-0.2, -0.15) is 0 Å². The predicted octanol–water partition coefficient (Wildman–Crippen LogP) is 4.96. The van der Waals surface area contributed by atoms with E-state index in [9.17, 15) is 18.0 Å². The van der Waals surface area contributed by atoms with Crippen LogP contribution in [0.15, 0.2) is 23.3 Å². The molecule has 26 heavy (non-hydrogen) atoms. The molecule has 0 spiro atoms. The molecule has 1 saturated heterocycles. The molecule has 2 unspecified atom stereocenters. The van der Waals surface area contributed by atoms with Gasteiger partial charge in [0.25, 0.3) is 5.92 Å². The fourth-order valence-corrected chi connectivity index (χ4v) is 2.97. The highest BCUT2D eigenvalue weighted by atomic mass is 35.5. The van der Waals surface area contributed by atoms with Crippen LogP contribution in [0.2, 0.25) is 5.02 Å². The normalized spacial score (nSPS) is 22.0. The summed E-state index contributed by atoms with van der Waals surface area (Å²) in [6.07, 6.45) is -1.29. The van der Waals surface area contributed by atoms with Gasteiger partial charge in [-0.3, -0.25) is 4.90 Å². The van der Waals surface area contributed by atoms with Crippen LogP contribution >= 0.6 is 11.6 Å². The Kier molecular flexibility index (Phi) is 5.63. The molecule has 1 aliphatic heterocycles. The molecule has 2 rings (SSSR count). The first-order valence-corrected chi connectivity index (χ1v) is 8.18. The number of benzene rings is 1. The molecule has 0 aromatic heterocycles. The van der Waals surface area contributed by atoms with Crippen molar-refractivity contribution in [2.75, 3.05) is 6.54 Å². The van der Waals surface area contributed by atoms with Gasteiger partial charge in [-0.1, -0.05) is 28.8 Å². The molecule has 1 heterocycles. The molecule has 1 aromatic carbocycles. The van der Waals surface area contributed by atoms with Gasteiger partial charge in [-0.05, 0) is 44.4 Å². The smallest absolute Gasteiger partial charge is 0.410 e. The number of rotatable bonds is 3. The first kappa shape index (κ1) is 20.2. The minimum atomic E-state index is -3.47. The zero-order valence-corrected chi connectivity index (χ0v) is 15.2. The SMILES string of the molecule is CC(C)(C)OC(=O)N1CC(F)(F)C(N=[N+]=[N-])C1Cc1cccc(Cl)c1F. The van der Waals surface area contributed by atoms with Gasteiger partial charge in [0.15, 0.2) is 0 Å². The summed E-state index contributed by atoms with van der Waals surface area (Å²) in [5.41, 5.74) is 7.77. The summed E-state index contributed by atoms with van der Waals surface area (Å²) in [7, 11) is 0. The maximum absolute atomic E-state index is 14.3. The summed E-state index contributed by atoms with van der Waals surface area (Å²) in [5.74, 6) is -4.24. The van der Waals surface area contributed by atoms with Crippen molar-refractivity contribution in [1.82, 2.24) is 4.90 Å². The first-order chi connectivity index (χ1) is 12.0. The molecule has 0 bridgehead atoms. The van der Waals surface area contributed by atoms with E-state index in [2.05, 4.69) is 10.0 Å². The van der Waals surface area contributed by atoms with Crippen molar-refractivity contribution in [2.24, 2.45) is 5.11 Å². The number of nitrogens with zero attached hydrogens (tertiary/aromatic N) is 4. The molecule has 142 valence electrons. The number of azide groups is 1. The van der Waals surface area contributed by atoms with E-state index >= 15 is 0 Å². The van der Waals surface area contributed by atoms with Crippen molar-refractivity contribution in [3.05, 3.63) is 45.0 Å². The summed E-state index contributed by atoms with van der Waals surface area (Å²) in [6.45, 7) is 3.79. The van der Waals surface area contributed by atoms with E-state index in [-0.39, 0.29) is 17.0 Å². The molecule has 6 nitrogen and oxygen atoms in total. The molecule has 0 radical (unpaired) electrons. The van der Waals surface area contributed by atoms with Gasteiger partial charge >= 0.3 is 6.09 Å². The zero-order chi connectivity index (χ0) is 19.7. The highest BCUT2D eigenvalue weighted by molar-refractivity contribution is 6.30. The van der Waals surface area contributed by atoms with Gasteiger partial charge in [-0.15, -0.1) is 0 Å². The van der Waals surface area contributed by atoms with Crippen LogP contribution in [0.4, 0.5) is 18.0 Å². The molecule has 0 saturated carbocycles. The van der Waals surface area contributed by atoms with E-state index < -0.39 is 42.1 Å². The largest absolute Gasteiger partial charge is 0.444 e. The van der Waals surface area contributed by atoms with E-state index in [1.54, 1.807) is 20.8 Å². The Bertz CT molecular complexity index is 748. The summed E-state index contributed by atoms with van der Waals surface area (Å²) < 4.78 is 48.0. The third-order valence-corrected chi connectivity index (χ3v) is 4.14. The summed E-state index contributed by atoms with van der Waals surface area (Å²) >= 11 is 5.73. The van der Waals surface area contributed by atoms with Crippen molar-refractivity contribution in [2.45, 2.75) is 50.8 Å². The number of hydrogen-bond acceptors (Lipinski definition) is 3. The van der Waals surface area contributed by atoms with Crippen LogP contribution in [0.25, 0.3) is 10.4 Å². The minimum absolute atomic E-state index is 0.0342. The summed E-state index contributed by atoms with van der Waals surface area (Å²) in [6, 6.07) is 1.04. The van der Waals surface area contributed by atoms with Gasteiger partial charge < -0.3 is 4.74 Å². The average Bonchev–Trinajstić information content (AvgIpc) is 2.75. The van der Waals surface area contributed by atoms with Crippen LogP contribution in [-0.2, 0) is 11.2 Å². The fourth-order valence-electron chi connectivity index (χ4n) is 2.78. The highest BCUT2D eigenvalue weighted by Crippen LogP contribution is 2.38. The van der Waals surface area contributed by atoms with Crippen molar-refractivity contribution in [3.8, 4) is 0 Å². The Labute approximate surface area is 153 Å². The van der Waals surface area contributed by atoms with E-state index in [0.29, 0.717) is 0 Å². The topological polar surface area (TPSA) is 78.3 Å². The number of halogens is 4. The standard InChI is InChI=1S/C16H18ClF3N4O2/c1-15(2,3)26-14(25)24-8-16(19,20)13(22-23-21)11(24)7-9-5-4-6-10(17)12(9)18/h4-6,11,13H,7-8H2,1-3H3. The Morgan fingerprint density at radius 1 is 1.50 bits per heavy atom. The monoisotopic (exact) mass is 390 g/mol. The highest BCUT2D eigenvalue weighted by Gasteiger charge is 2.56. The number of alkyl halides is 2. The molecule has 1 aromatic rings. The third-order valence-electron chi connectivity index (χ3n) is 3.84. The number of amides is 1. The molecule has 0 aliphatic carbocycles. The molecular weight excluding hydrogens is 373 g/mol. The maximum atomic E-state index is 14.3. The van der Waals surface area contributed by atoms with Crippen LogP contribution in [0.5, 0.6) is 0 Å². The summed E-state index contributed by atoms with van der Waals surface area (Å²) in [4.78, 5) is 15.6. The lowest BCUT2D eigenvalue weighted by Gasteiger charge is -2.29. The van der Waals surface area contributed by atoms with Crippen molar-refractivity contribution < 1.29 is 22.7 Å². The second-order valence-electron chi connectivity index (χ2n) is 7.00. The van der Waals surface area contributed by atoms with Crippen LogP contribution in [-0.4, -0.2) is 41.1 Å². The number of ether oxygens (including phenoxy) is 1. The molecule has 1 fully saturated rings. The quantitative estimate of drug-likeness (QED) is 0.415. The number of carbonyl (C=O) groups is 1. The van der Waals surface area contributed by atoms with E-state index in [1.165, 1.54) is 18.2 Å². The second-order valence-corrected chi connectivity index (χ2v) is 7.41. The summed E-state index contributed by atoms with van der Waals surface area (Å²) in [5, 5.41) is 2.99. The Balaban J connectivity index is 2.41. The zero-order valence-electron chi connectivity index (χ0n) is 14.4. The van der Waals surface area contributed by atoms with Crippen molar-refractivity contribution >= 4 is 17.7 Å². The Hall–Kier alpha value is -2.12. The van der Waals surface area contributed by atoms with Crippen molar-refractivity contribution in [3.63, 3.8) is 0 Å². The lowest BCUT2D eigenvalue weighted by atomic mass is 9.99. The molecular formula is C16H18ClF3N4O2. The van der Waals surface area contributed by atoms with Gasteiger partial charge in [0, 0.05) is 4.91 Å². The van der Waals surface area contributed by atoms with Crippen LogP contribution < -0.4 is 0 Å². The lowest BCUT2D eigenvalue weighted by Crippen LogP contribution is -2.43. The van der Waals surface area contributed by atoms with Crippen LogP contribution in [0, 0.1) is 5.82 Å². The van der Waals surface area contributed by atoms with E-state index in [1.807, 2.05) is 0 Å².